The topological polar surface area (TPSA) is 172 Å². The molecule has 1 atom stereocenters. The second kappa shape index (κ2) is 14.1. The van der Waals surface area contributed by atoms with Crippen LogP contribution in [-0.4, -0.2) is 51.7 Å². The molecule has 0 amide bonds. The first-order valence-electron chi connectivity index (χ1n) is 11.3. The van der Waals surface area contributed by atoms with Crippen molar-refractivity contribution in [3.63, 3.8) is 0 Å². The molecule has 0 aliphatic rings. The smallest absolute Gasteiger partial charge is 0.491 e. The summed E-state index contributed by atoms with van der Waals surface area (Å²) in [6.07, 6.45) is -5.13. The highest BCUT2D eigenvalue weighted by Gasteiger charge is 2.44. The Bertz CT molecular complexity index is 1290. The van der Waals surface area contributed by atoms with Crippen LogP contribution in [0.3, 0.4) is 0 Å². The average Bonchev–Trinajstić information content (AvgIpc) is 2.85. The van der Waals surface area contributed by atoms with Crippen LogP contribution in [0.5, 0.6) is 5.75 Å². The van der Waals surface area contributed by atoms with Crippen LogP contribution in [0, 0.1) is 0 Å². The Kier molecular flexibility index (Phi) is 11.5. The van der Waals surface area contributed by atoms with Gasteiger partial charge in [0.15, 0.2) is 0 Å². The molecule has 0 spiro atoms. The second-order valence-electron chi connectivity index (χ2n) is 7.89. The summed E-state index contributed by atoms with van der Waals surface area (Å²) in [4.78, 5) is 28.4. The van der Waals surface area contributed by atoms with Gasteiger partial charge in [-0.3, -0.25) is 0 Å². The number of guanidine groups is 1. The fraction of sp³-hybridized carbons (Fsp3) is 0.348. The molecule has 0 saturated carbocycles. The van der Waals surface area contributed by atoms with Gasteiger partial charge in [-0.15, -0.1) is 0 Å². The number of halogens is 4. The number of oxime groups is 1. The van der Waals surface area contributed by atoms with Crippen LogP contribution in [0.25, 0.3) is 0 Å². The molecule has 214 valence electrons. The number of carbonyl (C=O) groups is 2. The summed E-state index contributed by atoms with van der Waals surface area (Å²) in [5, 5.41) is 3.36. The van der Waals surface area contributed by atoms with E-state index in [4.69, 9.17) is 21.0 Å². The van der Waals surface area contributed by atoms with Gasteiger partial charge in [0, 0.05) is 10.9 Å². The van der Waals surface area contributed by atoms with Crippen molar-refractivity contribution in [1.29, 1.82) is 0 Å². The predicted molar refractivity (Wildman–Crippen MR) is 137 cm³/mol. The Balaban J connectivity index is 2.19. The van der Waals surface area contributed by atoms with Crippen molar-refractivity contribution >= 4 is 43.9 Å². The van der Waals surface area contributed by atoms with Crippen molar-refractivity contribution in [2.24, 2.45) is 16.6 Å². The van der Waals surface area contributed by atoms with Crippen LogP contribution in [0.2, 0.25) is 0 Å². The molecule has 0 bridgehead atoms. The van der Waals surface area contributed by atoms with Gasteiger partial charge in [-0.1, -0.05) is 35.0 Å². The molecule has 0 aliphatic carbocycles. The Hall–Kier alpha value is -3.37. The maximum absolute atomic E-state index is 13.1. The van der Waals surface area contributed by atoms with Crippen molar-refractivity contribution in [3.8, 4) is 5.75 Å². The van der Waals surface area contributed by atoms with Crippen molar-refractivity contribution < 1.29 is 45.5 Å². The van der Waals surface area contributed by atoms with Crippen LogP contribution >= 0.6 is 15.9 Å². The van der Waals surface area contributed by atoms with E-state index in [9.17, 15) is 31.2 Å². The first kappa shape index (κ1) is 31.8. The molecule has 39 heavy (non-hydrogen) atoms. The van der Waals surface area contributed by atoms with E-state index in [0.717, 1.165) is 0 Å². The highest BCUT2D eigenvalue weighted by atomic mass is 79.9. The summed E-state index contributed by atoms with van der Waals surface area (Å²) < 4.78 is 76.4. The van der Waals surface area contributed by atoms with Gasteiger partial charge in [0.25, 0.3) is 0 Å². The number of esters is 2. The minimum absolute atomic E-state index is 0.180. The van der Waals surface area contributed by atoms with Gasteiger partial charge in [-0.05, 0) is 59.5 Å². The molecule has 0 heterocycles. The molecule has 0 aliphatic heterocycles. The number of ether oxygens (including phenoxy) is 2. The molecule has 0 saturated heterocycles. The number of nitrogens with one attached hydrogen (secondary N) is 1. The molecule has 2 rings (SSSR count). The number of aryl methyl sites for hydroxylation is 1. The zero-order valence-corrected chi connectivity index (χ0v) is 22.9. The molecule has 0 fully saturated rings. The molecular formula is C23H26BrF3N4O7S. The van der Waals surface area contributed by atoms with E-state index in [1.165, 1.54) is 36.4 Å². The highest BCUT2D eigenvalue weighted by molar-refractivity contribution is 9.10. The average molecular weight is 639 g/mol. The molecule has 2 aromatic rings. The first-order chi connectivity index (χ1) is 18.2. The van der Waals surface area contributed by atoms with E-state index >= 15 is 0 Å². The number of hydrogen-bond acceptors (Lipinski definition) is 8. The Labute approximate surface area is 230 Å². The third-order valence-corrected chi connectivity index (χ3v) is 6.95. The summed E-state index contributed by atoms with van der Waals surface area (Å²) in [5.74, 6) is -4.28. The van der Waals surface area contributed by atoms with Gasteiger partial charge in [0.1, 0.15) is 18.4 Å². The van der Waals surface area contributed by atoms with Gasteiger partial charge in [0.2, 0.25) is 16.0 Å². The maximum atomic E-state index is 13.1. The Morgan fingerprint density at radius 2 is 1.77 bits per heavy atom. The lowest BCUT2D eigenvalue weighted by molar-refractivity contribution is -0.202. The van der Waals surface area contributed by atoms with Crippen LogP contribution in [-0.2, 0) is 42.0 Å². The van der Waals surface area contributed by atoms with Crippen molar-refractivity contribution in [1.82, 2.24) is 4.72 Å². The van der Waals surface area contributed by atoms with Gasteiger partial charge < -0.3 is 25.8 Å². The third-order valence-electron chi connectivity index (χ3n) is 4.88. The minimum atomic E-state index is -5.45. The van der Waals surface area contributed by atoms with E-state index in [2.05, 4.69) is 30.5 Å². The lowest BCUT2D eigenvalue weighted by atomic mass is 10.1. The van der Waals surface area contributed by atoms with Gasteiger partial charge in [0.05, 0.1) is 11.5 Å². The number of hydrogen-bond donors (Lipinski definition) is 3. The van der Waals surface area contributed by atoms with Crippen molar-refractivity contribution in [3.05, 3.63) is 58.1 Å². The SMILES string of the molecule is CCc1cc(Br)ccc1S(=O)(=O)N[C@@H](Cc1ccc(OCCCON=C(N)N)cc1)C(=O)OC(=O)C(F)(F)F. The standard InChI is InChI=1S/C23H26BrF3N4O7S/c1-2-15-13-16(24)6-9-19(15)39(34,35)31-18(20(32)38-21(33)23(25,26)27)12-14-4-7-17(8-5-14)36-10-3-11-37-30-22(28)29/h4-9,13,18,31H,2-3,10-12H2,1H3,(H4,28,29,30)/t18-/m0/s1. The normalized spacial score (nSPS) is 12.3. The van der Waals surface area contributed by atoms with E-state index in [0.29, 0.717) is 34.2 Å². The fourth-order valence-electron chi connectivity index (χ4n) is 3.12. The second-order valence-corrected chi connectivity index (χ2v) is 10.5. The molecule has 0 unspecified atom stereocenters. The maximum Gasteiger partial charge on any atom is 0.491 e. The summed E-state index contributed by atoms with van der Waals surface area (Å²) in [6, 6.07) is 8.41. The molecule has 0 radical (unpaired) electrons. The fourth-order valence-corrected chi connectivity index (χ4v) is 5.01. The lowest BCUT2D eigenvalue weighted by Crippen LogP contribution is -2.45. The number of nitrogens with zero attached hydrogens (tertiary/aromatic N) is 1. The molecule has 11 nitrogen and oxygen atoms in total. The predicted octanol–water partition coefficient (Wildman–Crippen LogP) is 2.51. The molecule has 16 heteroatoms. The van der Waals surface area contributed by atoms with E-state index in [-0.39, 0.29) is 24.1 Å². The lowest BCUT2D eigenvalue weighted by Gasteiger charge is -2.19. The summed E-state index contributed by atoms with van der Waals surface area (Å²) >= 11 is 3.24. The number of benzene rings is 2. The minimum Gasteiger partial charge on any atom is -0.493 e. The number of rotatable bonds is 13. The largest absolute Gasteiger partial charge is 0.493 e. The molecule has 2 aromatic carbocycles. The summed E-state index contributed by atoms with van der Waals surface area (Å²) in [5.41, 5.74) is 11.0. The number of alkyl halides is 3. The summed E-state index contributed by atoms with van der Waals surface area (Å²) in [7, 11) is -4.41. The van der Waals surface area contributed by atoms with Crippen LogP contribution < -0.4 is 20.9 Å². The third kappa shape index (κ3) is 10.4. The zero-order valence-electron chi connectivity index (χ0n) is 20.5. The monoisotopic (exact) mass is 638 g/mol. The molecule has 5 N–H and O–H groups in total. The number of carbonyl (C=O) groups excluding carboxylic acids is 2. The zero-order chi connectivity index (χ0) is 29.2. The Morgan fingerprint density at radius 3 is 2.36 bits per heavy atom. The van der Waals surface area contributed by atoms with E-state index in [1.807, 2.05) is 0 Å². The van der Waals surface area contributed by atoms with Gasteiger partial charge in [-0.25, -0.2) is 18.0 Å². The van der Waals surface area contributed by atoms with Gasteiger partial charge >= 0.3 is 18.1 Å². The number of nitrogens with two attached hydrogens (primary N) is 2. The van der Waals surface area contributed by atoms with Crippen molar-refractivity contribution in [2.75, 3.05) is 13.2 Å². The van der Waals surface area contributed by atoms with Crippen molar-refractivity contribution in [2.45, 2.75) is 43.3 Å². The first-order valence-corrected chi connectivity index (χ1v) is 13.6. The van der Waals surface area contributed by atoms with Crippen LogP contribution in [0.4, 0.5) is 13.2 Å². The molecular weight excluding hydrogens is 613 g/mol. The molecule has 0 aromatic heterocycles. The van der Waals surface area contributed by atoms with Crippen LogP contribution in [0.15, 0.2) is 57.0 Å². The van der Waals surface area contributed by atoms with Crippen LogP contribution in [0.1, 0.15) is 24.5 Å². The summed E-state index contributed by atoms with van der Waals surface area (Å²) in [6.45, 7) is 2.13. The van der Waals surface area contributed by atoms with Gasteiger partial charge in [-0.2, -0.15) is 17.9 Å². The van der Waals surface area contributed by atoms with E-state index in [1.54, 1.807) is 13.0 Å². The highest BCUT2D eigenvalue weighted by Crippen LogP contribution is 2.23. The number of sulfonamides is 1. The van der Waals surface area contributed by atoms with E-state index < -0.39 is 40.6 Å². The quantitative estimate of drug-likeness (QED) is 0.0744. The Morgan fingerprint density at radius 1 is 1.10 bits per heavy atom.